The molecule has 36 heteroatoms. The van der Waals surface area contributed by atoms with Gasteiger partial charge in [0.15, 0.2) is 19.7 Å². The SMILES string of the molecule is CC(=O)[C@@H](CS(=O)(=O)c1ccc(-c2ccc(Br)cc2)cc1)C(C)C.CCC(=O)C1(CS(=O)(=O)c2ccc(Oc3ccc(Cl)cc3)cc2)CCOCC1.CNC(=O)[C@@H]1N(S(=O)(=O)c2ccc(Oc3ccncc3)cc2)CCSC1(C)C.CNC(=O)[C@H]([C@@H](CC1CCCC1)C(=O)N1CCCCC1)N1C(=O)N(C)C(C)(C)C1=O.Cc1ccc(-c2ccc(OC[C@H](CN3C(=O)NC(C)(C)C3=O)N(C)C=O)cc2)cc1. The first kappa shape index (κ1) is 111. The Labute approximate surface area is 840 Å². The van der Waals surface area contributed by atoms with Gasteiger partial charge < -0.3 is 49.6 Å². The molecule has 0 radical (unpaired) electrons. The number of aryl methyl sites for hydroxylation is 1. The molecule has 0 unspecified atom stereocenters. The van der Waals surface area contributed by atoms with Crippen molar-refractivity contribution in [3.05, 3.63) is 209 Å². The summed E-state index contributed by atoms with van der Waals surface area (Å²) in [5.41, 5.74) is 2.52. The van der Waals surface area contributed by atoms with Gasteiger partial charge in [-0.3, -0.25) is 48.2 Å². The van der Waals surface area contributed by atoms with E-state index in [1.54, 1.807) is 158 Å². The lowest BCUT2D eigenvalue weighted by Crippen LogP contribution is -2.60. The molecule has 1 aromatic heterocycles. The third-order valence-electron chi connectivity index (χ3n) is 26.3. The number of imide groups is 2. The highest BCUT2D eigenvalue weighted by atomic mass is 79.9. The van der Waals surface area contributed by atoms with E-state index in [9.17, 15) is 73.2 Å². The van der Waals surface area contributed by atoms with Gasteiger partial charge in [0.1, 0.15) is 70.1 Å². The van der Waals surface area contributed by atoms with Crippen LogP contribution in [-0.4, -0.2) is 244 Å². The highest BCUT2D eigenvalue weighted by molar-refractivity contribution is 9.10. The van der Waals surface area contributed by atoms with Crippen molar-refractivity contribution >= 4 is 129 Å². The number of benzene rings is 7. The second-order valence-electron chi connectivity index (χ2n) is 37.7. The molecule has 1 aliphatic carbocycles. The van der Waals surface area contributed by atoms with Crippen molar-refractivity contribution in [2.45, 2.75) is 195 Å². The highest BCUT2D eigenvalue weighted by Crippen LogP contribution is 2.43. The highest BCUT2D eigenvalue weighted by Gasteiger charge is 2.57. The summed E-state index contributed by atoms with van der Waals surface area (Å²) in [5, 5.41) is 8.46. The molecule has 3 N–H and O–H groups in total. The van der Waals surface area contributed by atoms with E-state index in [1.165, 1.54) is 65.0 Å². The average Bonchev–Trinajstić information content (AvgIpc) is 1.49. The molecular weight excluding hydrogens is 1950 g/mol. The second kappa shape index (κ2) is 49.2. The maximum absolute atomic E-state index is 13.6. The minimum Gasteiger partial charge on any atom is -0.491 e. The zero-order valence-electron chi connectivity index (χ0n) is 82.1. The van der Waals surface area contributed by atoms with E-state index in [1.807, 2.05) is 88.0 Å². The van der Waals surface area contributed by atoms with Crippen LogP contribution in [0.3, 0.4) is 0 Å². The number of thioether (sulfide) groups is 1. The second-order valence-corrected chi connectivity index (χ2v) is 46.7. The zero-order valence-corrected chi connectivity index (χ0v) is 87.7. The number of rotatable bonds is 32. The topological polar surface area (TPSA) is 378 Å². The average molecular weight is 2080 g/mol. The van der Waals surface area contributed by atoms with Crippen molar-refractivity contribution < 1.29 is 92.1 Å². The number of sulfonamides is 1. The first-order valence-corrected chi connectivity index (χ1v) is 53.9. The Balaban J connectivity index is 0.000000181. The Morgan fingerprint density at radius 3 is 1.62 bits per heavy atom. The number of likely N-dealkylation sites (tertiary alicyclic amines) is 1. The molecule has 6 aliphatic rings. The predicted octanol–water partition coefficient (Wildman–Crippen LogP) is 16.7. The fourth-order valence-corrected chi connectivity index (χ4v) is 24.8. The summed E-state index contributed by atoms with van der Waals surface area (Å²) < 4.78 is 102. The number of pyridine rings is 1. The van der Waals surface area contributed by atoms with E-state index < -0.39 is 105 Å². The number of likely N-dealkylation sites (N-methyl/N-ethyl adjacent to an activating group) is 4. The van der Waals surface area contributed by atoms with Gasteiger partial charge in [-0.1, -0.05) is 140 Å². The lowest BCUT2D eigenvalue weighted by Gasteiger charge is -2.43. The number of hydrogen-bond donors (Lipinski definition) is 3. The molecule has 5 aliphatic heterocycles. The van der Waals surface area contributed by atoms with E-state index >= 15 is 0 Å². The summed E-state index contributed by atoms with van der Waals surface area (Å²) in [4.78, 5) is 137. The number of hydrogen-bond acceptors (Lipinski definition) is 22. The van der Waals surface area contributed by atoms with Crippen LogP contribution in [0, 0.1) is 36.0 Å². The van der Waals surface area contributed by atoms with Gasteiger partial charge in [0.25, 0.3) is 11.8 Å². The molecule has 0 bridgehead atoms. The fraction of sp³-hybridized carbons (Fsp3) is 0.452. The molecule has 140 heavy (non-hydrogen) atoms. The van der Waals surface area contributed by atoms with E-state index in [0.29, 0.717) is 104 Å². The number of sulfone groups is 2. The molecule has 5 atom stereocenters. The number of aromatic nitrogens is 1. The van der Waals surface area contributed by atoms with Crippen molar-refractivity contribution in [3.63, 3.8) is 0 Å². The molecule has 10 amide bonds. The molecule has 8 aromatic rings. The van der Waals surface area contributed by atoms with Crippen LogP contribution >= 0.6 is 39.3 Å². The molecule has 30 nitrogen and oxygen atoms in total. The third kappa shape index (κ3) is 28.5. The van der Waals surface area contributed by atoms with Gasteiger partial charge in [0.05, 0.1) is 44.7 Å². The predicted molar refractivity (Wildman–Crippen MR) is 544 cm³/mol. The minimum absolute atomic E-state index is 0.000635. The molecule has 1 saturated carbocycles. The van der Waals surface area contributed by atoms with Crippen LogP contribution in [-0.2, 0) is 72.8 Å². The number of piperidine rings is 1. The number of Topliss-reactive ketones (excluding diaryl/α,β-unsaturated/α-hetero) is 2. The van der Waals surface area contributed by atoms with Crippen molar-refractivity contribution in [2.24, 2.45) is 29.1 Å². The maximum Gasteiger partial charge on any atom is 0.328 e. The van der Waals surface area contributed by atoms with Crippen LogP contribution in [0.1, 0.15) is 145 Å². The number of halogens is 2. The molecule has 14 rings (SSSR count). The quantitative estimate of drug-likeness (QED) is 0.0260. The Morgan fingerprint density at radius 2 is 1.14 bits per heavy atom. The molecular formula is C104H130BrClN10O20S4. The Bertz CT molecular complexity index is 5970. The first-order chi connectivity index (χ1) is 66.2. The van der Waals surface area contributed by atoms with E-state index in [0.717, 1.165) is 81.5 Å². The lowest BCUT2D eigenvalue weighted by molar-refractivity contribution is -0.147. The van der Waals surface area contributed by atoms with Crippen molar-refractivity contribution in [2.75, 3.05) is 91.4 Å². The summed E-state index contributed by atoms with van der Waals surface area (Å²) in [5.74, 6) is 0.673. The van der Waals surface area contributed by atoms with Gasteiger partial charge in [-0.05, 0) is 249 Å². The van der Waals surface area contributed by atoms with Gasteiger partial charge in [-0.2, -0.15) is 16.1 Å². The van der Waals surface area contributed by atoms with Crippen molar-refractivity contribution in [3.8, 4) is 51.0 Å². The van der Waals surface area contributed by atoms with E-state index in [2.05, 4.69) is 61.1 Å². The molecule has 7 aromatic carbocycles. The van der Waals surface area contributed by atoms with E-state index in [4.69, 9.17) is 30.5 Å². The number of carbonyl (C=O) groups excluding carboxylic acids is 10. The molecule has 754 valence electrons. The number of nitrogens with zero attached hydrogens (tertiary/aromatic N) is 7. The normalized spacial score (nSPS) is 18.2. The van der Waals surface area contributed by atoms with Gasteiger partial charge in [-0.15, -0.1) is 0 Å². The molecule has 6 fully saturated rings. The monoisotopic (exact) mass is 2080 g/mol. The van der Waals surface area contributed by atoms with Crippen LogP contribution in [0.4, 0.5) is 9.59 Å². The molecule has 5 saturated heterocycles. The zero-order chi connectivity index (χ0) is 102. The van der Waals surface area contributed by atoms with Gasteiger partial charge in [0, 0.05) is 111 Å². The lowest BCUT2D eigenvalue weighted by atomic mass is 9.77. The summed E-state index contributed by atoms with van der Waals surface area (Å²) in [7, 11) is -4.75. The largest absolute Gasteiger partial charge is 0.491 e. The third-order valence-corrected chi connectivity index (χ3v) is 34.0. The summed E-state index contributed by atoms with van der Waals surface area (Å²) in [6.07, 6.45) is 12.9. The van der Waals surface area contributed by atoms with Crippen molar-refractivity contribution in [1.29, 1.82) is 0 Å². The number of amides is 10. The molecule has 6 heterocycles. The summed E-state index contributed by atoms with van der Waals surface area (Å²) in [6.45, 7) is 22.1. The van der Waals surface area contributed by atoms with Crippen molar-refractivity contribution in [1.82, 2.24) is 49.7 Å². The van der Waals surface area contributed by atoms with Crippen LogP contribution in [0.15, 0.2) is 214 Å². The number of ether oxygens (including phenoxy) is 4. The number of carbonyl (C=O) groups is 10. The number of ketones is 2. The number of urea groups is 2. The standard InChI is InChI=1S/C23H27N3O4.C22H36N4O4.C21H23ClO5S.C19H21BrO3S.C19H23N3O4S2/c1-16-5-7-17(8-6-16)18-9-11-20(12-10-18)30-14-19(25(4)15-27)13-26-21(28)23(2,3)24-22(26)29;1-22(2)20(29)26(21(30)24(22)4)17(18(27)23-3)16(14-15-10-6-7-11-15)19(28)25-12-8-5-9-13-25;1-2-20(23)21(11-13-26-14-12-21)15-28(24,25)19-9-7-18(8-10-19)27-17-5-3-16(22)4-6-17;1-13(2)19(14(3)21)12-24(22,23)18-10-6-16(7-11-18)15-4-8-17(20)9-5-15;1-19(2)17(18(23)20-3)22(12-13-27-19)28(24,25)16-6-4-14(5-7-16)26-15-8-10-21-11-9-15/h5-12,15,19H,13-14H2,1-4H3,(H,24,29);15-17H,5-14H2,1-4H3,(H,23,27);3-10H,2,11-15H2,1H3;4-11,13,19H,12H2,1-3H3;4-11,17H,12-13H2,1-3H3,(H,20,23)/t19-;16-,17+;;19-;17-/m01.00/s1. The summed E-state index contributed by atoms with van der Waals surface area (Å²) >= 11 is 10.8. The van der Waals surface area contributed by atoms with Crippen LogP contribution in [0.2, 0.25) is 5.02 Å². The van der Waals surface area contributed by atoms with Gasteiger partial charge in [-0.25, -0.2) is 39.7 Å². The van der Waals surface area contributed by atoms with Gasteiger partial charge in [0.2, 0.25) is 34.2 Å². The Morgan fingerprint density at radius 1 is 0.643 bits per heavy atom. The van der Waals surface area contributed by atoms with E-state index in [-0.39, 0.29) is 81.1 Å². The Hall–Kier alpha value is -10.9. The number of nitrogens with one attached hydrogen (secondary N) is 3. The van der Waals surface area contributed by atoms with Crippen LogP contribution in [0.25, 0.3) is 22.3 Å². The van der Waals surface area contributed by atoms with Crippen LogP contribution in [0.5, 0.6) is 28.7 Å². The Kier molecular flexibility index (Phi) is 39.0. The fourth-order valence-electron chi connectivity index (χ4n) is 17.6. The van der Waals surface area contributed by atoms with Crippen LogP contribution < -0.4 is 30.2 Å². The smallest absolute Gasteiger partial charge is 0.328 e. The first-order valence-electron chi connectivity index (χ1n) is 47.0. The molecule has 0 spiro atoms. The maximum atomic E-state index is 13.6. The minimum atomic E-state index is -3.83. The summed E-state index contributed by atoms with van der Waals surface area (Å²) in [6, 6.07) is 50.1. The van der Waals surface area contributed by atoms with Gasteiger partial charge >= 0.3 is 12.1 Å².